The van der Waals surface area contributed by atoms with Gasteiger partial charge in [-0.05, 0) is 55.5 Å². The monoisotopic (exact) mass is 534 g/mol. The molecule has 3 aromatic rings. The number of carbonyl (C=O) groups excluding carboxylic acids is 3. The predicted octanol–water partition coefficient (Wildman–Crippen LogP) is 4.86. The van der Waals surface area contributed by atoms with Crippen LogP contribution in [-0.2, 0) is 16.1 Å². The molecule has 1 aliphatic heterocycles. The molecule has 0 spiro atoms. The van der Waals surface area contributed by atoms with Gasteiger partial charge in [0.15, 0.2) is 0 Å². The Labute approximate surface area is 229 Å². The van der Waals surface area contributed by atoms with E-state index >= 15 is 0 Å². The molecule has 7 nitrogen and oxygen atoms in total. The predicted molar refractivity (Wildman–Crippen MR) is 153 cm³/mol. The Bertz CT molecular complexity index is 1200. The number of aldehydes is 1. The first kappa shape index (κ1) is 29.2. The number of aromatic nitrogens is 1. The molecule has 1 fully saturated rings. The van der Waals surface area contributed by atoms with E-state index in [9.17, 15) is 14.4 Å². The number of carbonyl (C=O) groups is 3. The molecule has 0 saturated carbocycles. The van der Waals surface area contributed by atoms with Crippen molar-refractivity contribution in [3.63, 3.8) is 0 Å². The fourth-order valence-electron chi connectivity index (χ4n) is 4.38. The van der Waals surface area contributed by atoms with Crippen LogP contribution < -0.4 is 10.6 Å². The molecule has 2 atom stereocenters. The van der Waals surface area contributed by atoms with Crippen LogP contribution in [0.2, 0.25) is 0 Å². The smallest absolute Gasteiger partial charge is 0.251 e. The number of thiazole rings is 1. The van der Waals surface area contributed by atoms with Gasteiger partial charge < -0.3 is 20.3 Å². The molecule has 0 bridgehead atoms. The van der Waals surface area contributed by atoms with Crippen LogP contribution in [0.15, 0.2) is 60.1 Å². The lowest BCUT2D eigenvalue weighted by atomic mass is 9.85. The third-order valence-corrected chi connectivity index (χ3v) is 7.48. The van der Waals surface area contributed by atoms with E-state index in [4.69, 9.17) is 0 Å². The molecular weight excluding hydrogens is 496 g/mol. The zero-order valence-electron chi connectivity index (χ0n) is 22.9. The van der Waals surface area contributed by atoms with E-state index < -0.39 is 11.5 Å². The van der Waals surface area contributed by atoms with E-state index in [1.54, 1.807) is 40.5 Å². The number of nitrogens with zero attached hydrogens (tertiary/aromatic N) is 2. The molecule has 2 N–H and O–H groups in total. The lowest BCUT2D eigenvalue weighted by Crippen LogP contribution is -2.55. The first-order valence-corrected chi connectivity index (χ1v) is 13.8. The van der Waals surface area contributed by atoms with Crippen LogP contribution in [0.25, 0.3) is 10.4 Å². The van der Waals surface area contributed by atoms with Crippen LogP contribution in [0, 0.1) is 12.3 Å². The quantitative estimate of drug-likeness (QED) is 0.423. The zero-order chi connectivity index (χ0) is 27.7. The number of benzene rings is 2. The minimum absolute atomic E-state index is 0.184. The van der Waals surface area contributed by atoms with Crippen LogP contribution in [0.5, 0.6) is 0 Å². The molecule has 2 aromatic carbocycles. The highest BCUT2D eigenvalue weighted by Crippen LogP contribution is 2.27. The molecule has 38 heavy (non-hydrogen) atoms. The summed E-state index contributed by atoms with van der Waals surface area (Å²) in [5, 5.41) is 5.99. The molecule has 0 radical (unpaired) electrons. The summed E-state index contributed by atoms with van der Waals surface area (Å²) >= 11 is 1.70. The molecule has 2 amide bonds. The van der Waals surface area contributed by atoms with Crippen LogP contribution in [0.4, 0.5) is 0 Å². The van der Waals surface area contributed by atoms with Crippen LogP contribution in [0.1, 0.15) is 55.2 Å². The van der Waals surface area contributed by atoms with Crippen molar-refractivity contribution in [2.45, 2.75) is 59.2 Å². The third kappa shape index (κ3) is 7.58. The maximum atomic E-state index is 12.9. The van der Waals surface area contributed by atoms with Gasteiger partial charge in [0.1, 0.15) is 12.3 Å². The average Bonchev–Trinajstić information content (AvgIpc) is 3.56. The van der Waals surface area contributed by atoms with E-state index in [1.165, 1.54) is 16.0 Å². The van der Waals surface area contributed by atoms with Crippen molar-refractivity contribution in [1.82, 2.24) is 20.5 Å². The molecule has 1 aromatic heterocycles. The number of hydrogen-bond acceptors (Lipinski definition) is 6. The number of aryl methyl sites for hydroxylation is 1. The molecule has 1 aliphatic rings. The van der Waals surface area contributed by atoms with Gasteiger partial charge in [-0.25, -0.2) is 4.98 Å². The van der Waals surface area contributed by atoms with Gasteiger partial charge in [0.05, 0.1) is 22.1 Å². The summed E-state index contributed by atoms with van der Waals surface area (Å²) in [6.45, 7) is 9.26. The fraction of sp³-hybridized carbons (Fsp3) is 0.400. The first-order valence-electron chi connectivity index (χ1n) is 12.9. The van der Waals surface area contributed by atoms with Crippen molar-refractivity contribution < 1.29 is 14.4 Å². The minimum atomic E-state index is -0.671. The highest BCUT2D eigenvalue weighted by Gasteiger charge is 2.39. The summed E-state index contributed by atoms with van der Waals surface area (Å²) in [4.78, 5) is 43.6. The van der Waals surface area contributed by atoms with Gasteiger partial charge >= 0.3 is 0 Å². The fourth-order valence-corrected chi connectivity index (χ4v) is 5.19. The summed E-state index contributed by atoms with van der Waals surface area (Å²) in [5.74, 6) is -0.461. The Hall–Kier alpha value is -3.36. The van der Waals surface area contributed by atoms with Gasteiger partial charge in [-0.2, -0.15) is 0 Å². The minimum Gasteiger partial charge on any atom is -0.340 e. The van der Waals surface area contributed by atoms with Gasteiger partial charge in [0.2, 0.25) is 5.91 Å². The average molecular weight is 535 g/mol. The number of nitrogens with one attached hydrogen (secondary N) is 2. The molecule has 2 heterocycles. The van der Waals surface area contributed by atoms with Crippen LogP contribution >= 0.6 is 11.3 Å². The number of likely N-dealkylation sites (tertiary alicyclic amines) is 1. The van der Waals surface area contributed by atoms with Gasteiger partial charge in [0, 0.05) is 18.7 Å². The van der Waals surface area contributed by atoms with Crippen molar-refractivity contribution in [2.75, 3.05) is 13.6 Å². The third-order valence-electron chi connectivity index (χ3n) is 6.51. The molecule has 0 aliphatic carbocycles. The lowest BCUT2D eigenvalue weighted by molar-refractivity contribution is -0.138. The molecule has 4 rings (SSSR count). The Balaban J connectivity index is 0.000000230. The molecular formula is C30H38N4O3S. The summed E-state index contributed by atoms with van der Waals surface area (Å²) in [6.07, 6.45) is 2.33. The number of hydrogen-bond donors (Lipinski definition) is 2. The first-order chi connectivity index (χ1) is 18.2. The van der Waals surface area contributed by atoms with E-state index in [2.05, 4.69) is 39.9 Å². The van der Waals surface area contributed by atoms with E-state index in [0.717, 1.165) is 24.9 Å². The highest BCUT2D eigenvalue weighted by atomic mass is 32.1. The Morgan fingerprint density at radius 3 is 2.37 bits per heavy atom. The summed E-state index contributed by atoms with van der Waals surface area (Å²) < 4.78 is 0. The second kappa shape index (κ2) is 13.4. The second-order valence-corrected chi connectivity index (χ2v) is 11.4. The maximum Gasteiger partial charge on any atom is 0.251 e. The Morgan fingerprint density at radius 2 is 1.82 bits per heavy atom. The Kier molecular flexibility index (Phi) is 10.3. The molecule has 2 unspecified atom stereocenters. The van der Waals surface area contributed by atoms with Gasteiger partial charge in [-0.3, -0.25) is 9.59 Å². The van der Waals surface area contributed by atoms with Crippen LogP contribution in [0.3, 0.4) is 0 Å². The normalized spacial score (nSPS) is 15.8. The van der Waals surface area contributed by atoms with Gasteiger partial charge in [-0.15, -0.1) is 11.3 Å². The van der Waals surface area contributed by atoms with Gasteiger partial charge in [-0.1, -0.05) is 63.2 Å². The van der Waals surface area contributed by atoms with Crippen molar-refractivity contribution in [3.05, 3.63) is 76.9 Å². The van der Waals surface area contributed by atoms with E-state index in [0.29, 0.717) is 18.5 Å². The maximum absolute atomic E-state index is 12.9. The molecule has 1 saturated heterocycles. The standard InChI is InChI=1S/C18H24N2O3.C12H14N2S/c1-18(2,3)15(17(23)20-11-7-10-14(20)12-21)19-16(22)13-8-5-4-6-9-13;1-9-12(15-8-14-9)11-5-3-10(4-6-11)7-13-2/h4-6,8-9,12,14-15H,7,10-11H2,1-3H3,(H,19,22);3-6,8,13H,7H2,1-2H3. The lowest BCUT2D eigenvalue weighted by Gasteiger charge is -2.34. The van der Waals surface area contributed by atoms with Crippen molar-refractivity contribution in [3.8, 4) is 10.4 Å². The second-order valence-electron chi connectivity index (χ2n) is 10.5. The molecule has 8 heteroatoms. The number of rotatable bonds is 7. The van der Waals surface area contributed by atoms with Gasteiger partial charge in [0.25, 0.3) is 5.91 Å². The van der Waals surface area contributed by atoms with Crippen molar-refractivity contribution in [2.24, 2.45) is 5.41 Å². The molecule has 202 valence electrons. The van der Waals surface area contributed by atoms with E-state index in [-0.39, 0.29) is 17.9 Å². The SMILES string of the molecule is CC(C)(C)C(NC(=O)c1ccccc1)C(=O)N1CCCC1C=O.CNCc1ccc(-c2scnc2C)cc1. The summed E-state index contributed by atoms with van der Waals surface area (Å²) in [7, 11) is 1.96. The summed E-state index contributed by atoms with van der Waals surface area (Å²) in [6, 6.07) is 16.4. The van der Waals surface area contributed by atoms with E-state index in [1.807, 2.05) is 46.3 Å². The zero-order valence-corrected chi connectivity index (χ0v) is 23.7. The largest absolute Gasteiger partial charge is 0.340 e. The number of amides is 2. The van der Waals surface area contributed by atoms with Crippen molar-refractivity contribution in [1.29, 1.82) is 0 Å². The van der Waals surface area contributed by atoms with Crippen LogP contribution in [-0.4, -0.2) is 53.7 Å². The highest BCUT2D eigenvalue weighted by molar-refractivity contribution is 7.13. The topological polar surface area (TPSA) is 91.4 Å². The Morgan fingerprint density at radius 1 is 1.13 bits per heavy atom. The summed E-state index contributed by atoms with van der Waals surface area (Å²) in [5.41, 5.74) is 5.64. The van der Waals surface area contributed by atoms with Crippen molar-refractivity contribution >= 4 is 29.4 Å².